The van der Waals surface area contributed by atoms with Gasteiger partial charge in [0.25, 0.3) is 0 Å². The van der Waals surface area contributed by atoms with Crippen LogP contribution in [0, 0.1) is 11.8 Å². The third-order valence-electron chi connectivity index (χ3n) is 5.35. The van der Waals surface area contributed by atoms with Gasteiger partial charge < -0.3 is 14.2 Å². The van der Waals surface area contributed by atoms with Crippen molar-refractivity contribution in [1.82, 2.24) is 0 Å². The molecule has 3 nitrogen and oxygen atoms in total. The minimum absolute atomic E-state index is 0.456. The number of epoxide rings is 1. The Bertz CT molecular complexity index is 295. The van der Waals surface area contributed by atoms with E-state index in [1.165, 1.54) is 57.8 Å². The molecule has 0 aliphatic carbocycles. The predicted octanol–water partition coefficient (Wildman–Crippen LogP) is 5.96. The van der Waals surface area contributed by atoms with Crippen LogP contribution in [0.1, 0.15) is 92.4 Å². The Morgan fingerprint density at radius 1 is 0.917 bits per heavy atom. The van der Waals surface area contributed by atoms with E-state index in [9.17, 15) is 0 Å². The molecule has 3 heteroatoms. The van der Waals surface area contributed by atoms with Gasteiger partial charge in [0.15, 0.2) is 5.79 Å². The number of hydrogen-bond donors (Lipinski definition) is 0. The van der Waals surface area contributed by atoms with Gasteiger partial charge in [-0.25, -0.2) is 0 Å². The third-order valence-corrected chi connectivity index (χ3v) is 5.35. The fourth-order valence-corrected chi connectivity index (χ4v) is 4.10. The first-order chi connectivity index (χ1) is 11.6. The van der Waals surface area contributed by atoms with Crippen molar-refractivity contribution in [2.24, 2.45) is 11.8 Å². The highest BCUT2D eigenvalue weighted by molar-refractivity contribution is 4.86. The van der Waals surface area contributed by atoms with E-state index in [0.717, 1.165) is 6.61 Å². The van der Waals surface area contributed by atoms with E-state index >= 15 is 0 Å². The summed E-state index contributed by atoms with van der Waals surface area (Å²) in [6.45, 7) is 13.2. The molecule has 0 amide bonds. The summed E-state index contributed by atoms with van der Waals surface area (Å²) in [6.07, 6.45) is 12.0. The van der Waals surface area contributed by atoms with Crippen LogP contribution in [0.15, 0.2) is 0 Å². The topological polar surface area (TPSA) is 31.0 Å². The lowest BCUT2D eigenvalue weighted by Gasteiger charge is -2.41. The van der Waals surface area contributed by atoms with Crippen molar-refractivity contribution in [3.05, 3.63) is 0 Å². The molecule has 1 saturated heterocycles. The minimum Gasteiger partial charge on any atom is -0.373 e. The normalized spacial score (nSPS) is 20.1. The Hall–Kier alpha value is -0.120. The van der Waals surface area contributed by atoms with Gasteiger partial charge in [-0.15, -0.1) is 0 Å². The molecule has 1 fully saturated rings. The van der Waals surface area contributed by atoms with Crippen LogP contribution >= 0.6 is 0 Å². The van der Waals surface area contributed by atoms with Crippen LogP contribution in [0.4, 0.5) is 0 Å². The van der Waals surface area contributed by atoms with Crippen molar-refractivity contribution in [3.8, 4) is 0 Å². The highest BCUT2D eigenvalue weighted by Gasteiger charge is 2.42. The second-order valence-corrected chi connectivity index (χ2v) is 7.43. The molecule has 0 aromatic carbocycles. The maximum absolute atomic E-state index is 6.15. The zero-order valence-electron chi connectivity index (χ0n) is 16.9. The molecule has 0 aromatic rings. The summed E-state index contributed by atoms with van der Waals surface area (Å²) in [7, 11) is 0. The Balaban J connectivity index is 2.73. The molecule has 1 heterocycles. The van der Waals surface area contributed by atoms with Crippen molar-refractivity contribution in [1.29, 1.82) is 0 Å². The van der Waals surface area contributed by atoms with E-state index in [1.807, 2.05) is 0 Å². The second kappa shape index (κ2) is 12.3. The molecule has 1 aliphatic heterocycles. The van der Waals surface area contributed by atoms with Gasteiger partial charge in [-0.3, -0.25) is 0 Å². The third kappa shape index (κ3) is 7.84. The van der Waals surface area contributed by atoms with Crippen molar-refractivity contribution in [2.75, 3.05) is 19.8 Å². The van der Waals surface area contributed by atoms with Crippen molar-refractivity contribution < 1.29 is 14.2 Å². The summed E-state index contributed by atoms with van der Waals surface area (Å²) in [5, 5.41) is 0. The van der Waals surface area contributed by atoms with Gasteiger partial charge in [-0.2, -0.15) is 0 Å². The summed E-state index contributed by atoms with van der Waals surface area (Å²) in [4.78, 5) is 0. The molecule has 0 saturated carbocycles. The Kier molecular flexibility index (Phi) is 11.2. The minimum atomic E-state index is -0.456. The van der Waals surface area contributed by atoms with Crippen LogP contribution in [0.25, 0.3) is 0 Å². The zero-order valence-corrected chi connectivity index (χ0v) is 16.9. The smallest absolute Gasteiger partial charge is 0.168 e. The van der Waals surface area contributed by atoms with Crippen LogP contribution in [0.5, 0.6) is 0 Å². The van der Waals surface area contributed by atoms with Gasteiger partial charge >= 0.3 is 0 Å². The lowest BCUT2D eigenvalue weighted by Crippen LogP contribution is -2.45. The Morgan fingerprint density at radius 3 is 2.04 bits per heavy atom. The number of ether oxygens (including phenoxy) is 3. The van der Waals surface area contributed by atoms with E-state index in [1.54, 1.807) is 0 Å². The van der Waals surface area contributed by atoms with Gasteiger partial charge in [0.1, 0.15) is 0 Å². The molecule has 24 heavy (non-hydrogen) atoms. The van der Waals surface area contributed by atoms with E-state index in [-0.39, 0.29) is 0 Å². The summed E-state index contributed by atoms with van der Waals surface area (Å²) < 4.78 is 17.9. The molecule has 1 aliphatic rings. The van der Waals surface area contributed by atoms with Crippen LogP contribution in [-0.2, 0) is 14.2 Å². The summed E-state index contributed by atoms with van der Waals surface area (Å²) >= 11 is 0. The first kappa shape index (κ1) is 21.9. The van der Waals surface area contributed by atoms with Gasteiger partial charge in [0.05, 0.1) is 12.7 Å². The van der Waals surface area contributed by atoms with Crippen molar-refractivity contribution in [2.45, 2.75) is 104 Å². The predicted molar refractivity (Wildman–Crippen MR) is 101 cm³/mol. The number of rotatable bonds is 16. The second-order valence-electron chi connectivity index (χ2n) is 7.43. The average Bonchev–Trinajstić information content (AvgIpc) is 3.36. The molecule has 0 N–H and O–H groups in total. The Labute approximate surface area is 150 Å². The molecule has 144 valence electrons. The van der Waals surface area contributed by atoms with E-state index in [4.69, 9.17) is 14.2 Å². The molecule has 3 unspecified atom stereocenters. The van der Waals surface area contributed by atoms with E-state index < -0.39 is 5.79 Å². The fourth-order valence-electron chi connectivity index (χ4n) is 4.10. The molecule has 1 rings (SSSR count). The first-order valence-corrected chi connectivity index (χ1v) is 10.5. The molecule has 0 radical (unpaired) electrons. The zero-order chi connectivity index (χ0) is 17.8. The van der Waals surface area contributed by atoms with E-state index in [2.05, 4.69) is 34.6 Å². The number of hydrogen-bond acceptors (Lipinski definition) is 3. The van der Waals surface area contributed by atoms with E-state index in [0.29, 0.717) is 31.2 Å². The van der Waals surface area contributed by atoms with Gasteiger partial charge in [-0.05, 0) is 46.0 Å². The van der Waals surface area contributed by atoms with Crippen LogP contribution in [0.3, 0.4) is 0 Å². The molecule has 0 spiro atoms. The van der Waals surface area contributed by atoms with Crippen LogP contribution in [0.2, 0.25) is 0 Å². The quantitative estimate of drug-likeness (QED) is 0.197. The summed E-state index contributed by atoms with van der Waals surface area (Å²) in [5.41, 5.74) is 0. The largest absolute Gasteiger partial charge is 0.373 e. The lowest BCUT2D eigenvalue weighted by molar-refractivity contribution is -0.263. The summed E-state index contributed by atoms with van der Waals surface area (Å²) in [5.74, 6) is 0.641. The fraction of sp³-hybridized carbons (Fsp3) is 1.00. The molecular formula is C21H42O3. The standard InChI is InChI=1S/C21H42O3/c1-6-10-11-12-13-15-18(16-19-17-22-19)20(14-7-2)21(5,23-8-3)24-9-4/h18-20H,6-17H2,1-5H3. The first-order valence-electron chi connectivity index (χ1n) is 10.5. The molecule has 0 bridgehead atoms. The maximum Gasteiger partial charge on any atom is 0.168 e. The van der Waals surface area contributed by atoms with Crippen molar-refractivity contribution >= 4 is 0 Å². The molecule has 3 atom stereocenters. The van der Waals surface area contributed by atoms with Gasteiger partial charge in [0, 0.05) is 19.1 Å². The summed E-state index contributed by atoms with van der Waals surface area (Å²) in [6, 6.07) is 0. The highest BCUT2D eigenvalue weighted by atomic mass is 16.7. The van der Waals surface area contributed by atoms with Gasteiger partial charge in [-0.1, -0.05) is 52.4 Å². The van der Waals surface area contributed by atoms with Crippen LogP contribution < -0.4 is 0 Å². The lowest BCUT2D eigenvalue weighted by atomic mass is 9.77. The average molecular weight is 343 g/mol. The molecule has 0 aromatic heterocycles. The number of unbranched alkanes of at least 4 members (excludes halogenated alkanes) is 4. The van der Waals surface area contributed by atoms with Crippen molar-refractivity contribution in [3.63, 3.8) is 0 Å². The van der Waals surface area contributed by atoms with Gasteiger partial charge in [0.2, 0.25) is 0 Å². The maximum atomic E-state index is 6.15. The SMILES string of the molecule is CCCCCCCC(CC1CO1)C(CCC)C(C)(OCC)OCC. The monoisotopic (exact) mass is 342 g/mol. The van der Waals surface area contributed by atoms with Crippen LogP contribution in [-0.4, -0.2) is 31.7 Å². The highest BCUT2D eigenvalue weighted by Crippen LogP contribution is 2.40. The Morgan fingerprint density at radius 2 is 1.54 bits per heavy atom. The molecular weight excluding hydrogens is 300 g/mol.